The molecule has 0 amide bonds. The zero-order chi connectivity index (χ0) is 16.9. The lowest BCUT2D eigenvalue weighted by Gasteiger charge is -2.33. The predicted molar refractivity (Wildman–Crippen MR) is 97.6 cm³/mol. The largest absolute Gasteiger partial charge is 0.338 e. The molecule has 3 rings (SSSR count). The van der Waals surface area contributed by atoms with Gasteiger partial charge in [0.1, 0.15) is 12.4 Å². The Labute approximate surface area is 147 Å². The Morgan fingerprint density at radius 3 is 2.62 bits per heavy atom. The van der Waals surface area contributed by atoms with E-state index in [1.54, 1.807) is 17.9 Å². The van der Waals surface area contributed by atoms with Crippen molar-refractivity contribution in [3.8, 4) is 0 Å². The van der Waals surface area contributed by atoms with E-state index in [2.05, 4.69) is 27.3 Å². The molecule has 24 heavy (non-hydrogen) atoms. The number of pyridine rings is 1. The summed E-state index contributed by atoms with van der Waals surface area (Å²) in [4.78, 5) is 7.75. The van der Waals surface area contributed by atoms with Gasteiger partial charge in [0, 0.05) is 23.6 Å². The van der Waals surface area contributed by atoms with E-state index in [0.717, 1.165) is 32.7 Å². The number of nitrogens with one attached hydrogen (secondary N) is 2. The summed E-state index contributed by atoms with van der Waals surface area (Å²) in [5, 5.41) is 3.81. The molecule has 0 bridgehead atoms. The third-order valence-electron chi connectivity index (χ3n) is 4.38. The summed E-state index contributed by atoms with van der Waals surface area (Å²) in [5.74, 6) is -0.214. The van der Waals surface area contributed by atoms with Gasteiger partial charge in [0.15, 0.2) is 5.11 Å². The van der Waals surface area contributed by atoms with Crippen LogP contribution in [0.15, 0.2) is 42.7 Å². The number of halogens is 1. The summed E-state index contributed by atoms with van der Waals surface area (Å²) in [6, 6.07) is 9.24. The molecular formula is C18H22FN4S+. The number of rotatable bonds is 3. The average Bonchev–Trinajstić information content (AvgIpc) is 2.60. The Balaban J connectivity index is 1.50. The van der Waals surface area contributed by atoms with Crippen molar-refractivity contribution < 1.29 is 9.29 Å². The van der Waals surface area contributed by atoms with Gasteiger partial charge in [-0.2, -0.15) is 0 Å². The monoisotopic (exact) mass is 345 g/mol. The molecule has 2 N–H and O–H groups in total. The maximum atomic E-state index is 13.6. The third kappa shape index (κ3) is 4.27. The molecule has 1 fully saturated rings. The van der Waals surface area contributed by atoms with E-state index < -0.39 is 0 Å². The van der Waals surface area contributed by atoms with Crippen molar-refractivity contribution >= 4 is 23.0 Å². The molecule has 1 aliphatic rings. The van der Waals surface area contributed by atoms with Crippen molar-refractivity contribution in [1.29, 1.82) is 0 Å². The van der Waals surface area contributed by atoms with Crippen molar-refractivity contribution in [3.05, 3.63) is 59.7 Å². The predicted octanol–water partition coefficient (Wildman–Crippen LogP) is 1.63. The smallest absolute Gasteiger partial charge is 0.173 e. The second kappa shape index (κ2) is 7.68. The van der Waals surface area contributed by atoms with Crippen LogP contribution in [0.4, 0.5) is 10.1 Å². The summed E-state index contributed by atoms with van der Waals surface area (Å²) in [7, 11) is 0. The fourth-order valence-corrected chi connectivity index (χ4v) is 3.17. The Kier molecular flexibility index (Phi) is 5.37. The summed E-state index contributed by atoms with van der Waals surface area (Å²) in [5.41, 5.74) is 2.65. The average molecular weight is 345 g/mol. The number of quaternary nitrogens is 1. The Morgan fingerprint density at radius 2 is 1.96 bits per heavy atom. The molecule has 0 unspecified atom stereocenters. The van der Waals surface area contributed by atoms with Gasteiger partial charge in [0.25, 0.3) is 0 Å². The summed E-state index contributed by atoms with van der Waals surface area (Å²) in [6.07, 6.45) is 3.68. The zero-order valence-electron chi connectivity index (χ0n) is 13.8. The highest BCUT2D eigenvalue weighted by Crippen LogP contribution is 2.14. The second-order valence-electron chi connectivity index (χ2n) is 6.16. The Hall–Kier alpha value is -2.05. The van der Waals surface area contributed by atoms with Crippen LogP contribution in [0.25, 0.3) is 0 Å². The molecule has 2 heterocycles. The van der Waals surface area contributed by atoms with Gasteiger partial charge in [-0.3, -0.25) is 4.98 Å². The molecule has 4 nitrogen and oxygen atoms in total. The van der Waals surface area contributed by atoms with Gasteiger partial charge in [-0.15, -0.1) is 0 Å². The van der Waals surface area contributed by atoms with E-state index in [1.165, 1.54) is 11.6 Å². The number of aryl methyl sites for hydroxylation is 1. The molecule has 1 aliphatic heterocycles. The molecule has 0 saturated carbocycles. The minimum Gasteiger partial charge on any atom is -0.338 e. The first-order valence-corrected chi connectivity index (χ1v) is 8.57. The second-order valence-corrected chi connectivity index (χ2v) is 6.55. The first-order chi connectivity index (χ1) is 11.6. The fourth-order valence-electron chi connectivity index (χ4n) is 2.87. The SMILES string of the molecule is Cc1ccc(NC(=S)N2CC[NH+](Cc3ccncc3)CC2)cc1F. The highest BCUT2D eigenvalue weighted by molar-refractivity contribution is 7.80. The number of anilines is 1. The molecule has 1 saturated heterocycles. The molecule has 126 valence electrons. The van der Waals surface area contributed by atoms with Gasteiger partial charge in [-0.1, -0.05) is 6.07 Å². The molecule has 0 radical (unpaired) electrons. The van der Waals surface area contributed by atoms with E-state index in [9.17, 15) is 4.39 Å². The van der Waals surface area contributed by atoms with Crippen LogP contribution in [-0.4, -0.2) is 41.2 Å². The lowest BCUT2D eigenvalue weighted by Crippen LogP contribution is -3.13. The molecule has 0 spiro atoms. The topological polar surface area (TPSA) is 32.6 Å². The first-order valence-electron chi connectivity index (χ1n) is 8.16. The van der Waals surface area contributed by atoms with Gasteiger partial charge in [-0.05, 0) is 49.0 Å². The molecule has 1 aromatic heterocycles. The third-order valence-corrected chi connectivity index (χ3v) is 4.74. The number of hydrogen-bond acceptors (Lipinski definition) is 2. The van der Waals surface area contributed by atoms with E-state index >= 15 is 0 Å². The van der Waals surface area contributed by atoms with Crippen molar-refractivity contribution in [3.63, 3.8) is 0 Å². The maximum Gasteiger partial charge on any atom is 0.173 e. The standard InChI is InChI=1S/C18H21FN4S/c1-14-2-3-16(12-17(14)19)21-18(24)23-10-8-22(9-11-23)13-15-4-6-20-7-5-15/h2-7,12H,8-11,13H2,1H3,(H,21,24)/p+1. The lowest BCUT2D eigenvalue weighted by atomic mass is 10.2. The minimum atomic E-state index is -0.214. The summed E-state index contributed by atoms with van der Waals surface area (Å²) >= 11 is 5.48. The molecule has 0 atom stereocenters. The number of benzene rings is 1. The molecule has 6 heteroatoms. The quantitative estimate of drug-likeness (QED) is 0.829. The van der Waals surface area contributed by atoms with E-state index in [-0.39, 0.29) is 5.82 Å². The minimum absolute atomic E-state index is 0.214. The molecule has 1 aromatic carbocycles. The Morgan fingerprint density at radius 1 is 1.25 bits per heavy atom. The van der Waals surface area contributed by atoms with Crippen LogP contribution < -0.4 is 10.2 Å². The van der Waals surface area contributed by atoms with Crippen molar-refractivity contribution in [1.82, 2.24) is 9.88 Å². The van der Waals surface area contributed by atoms with Crippen LogP contribution in [0.5, 0.6) is 0 Å². The van der Waals surface area contributed by atoms with Crippen LogP contribution in [0, 0.1) is 12.7 Å². The van der Waals surface area contributed by atoms with Crippen LogP contribution >= 0.6 is 12.2 Å². The van der Waals surface area contributed by atoms with E-state index in [0.29, 0.717) is 16.4 Å². The van der Waals surface area contributed by atoms with E-state index in [1.807, 2.05) is 18.5 Å². The summed E-state index contributed by atoms with van der Waals surface area (Å²) < 4.78 is 13.6. The van der Waals surface area contributed by atoms with Crippen LogP contribution in [0.1, 0.15) is 11.1 Å². The zero-order valence-corrected chi connectivity index (χ0v) is 14.6. The van der Waals surface area contributed by atoms with Gasteiger partial charge in [0.2, 0.25) is 0 Å². The van der Waals surface area contributed by atoms with Crippen LogP contribution in [0.2, 0.25) is 0 Å². The highest BCUT2D eigenvalue weighted by Gasteiger charge is 2.22. The molecule has 0 aliphatic carbocycles. The maximum absolute atomic E-state index is 13.6. The number of thiocarbonyl (C=S) groups is 1. The number of hydrogen-bond donors (Lipinski definition) is 2. The van der Waals surface area contributed by atoms with Gasteiger partial charge in [0.05, 0.1) is 26.2 Å². The number of nitrogens with zero attached hydrogens (tertiary/aromatic N) is 2. The first kappa shape index (κ1) is 16.8. The fraction of sp³-hybridized carbons (Fsp3) is 0.333. The summed E-state index contributed by atoms with van der Waals surface area (Å²) in [6.45, 7) is 6.64. The molecular weight excluding hydrogens is 323 g/mol. The normalized spacial score (nSPS) is 15.3. The van der Waals surface area contributed by atoms with Gasteiger partial charge < -0.3 is 15.1 Å². The number of piperazine rings is 1. The van der Waals surface area contributed by atoms with E-state index in [4.69, 9.17) is 12.2 Å². The molecule has 2 aromatic rings. The lowest BCUT2D eigenvalue weighted by molar-refractivity contribution is -0.917. The number of aromatic nitrogens is 1. The van der Waals surface area contributed by atoms with Gasteiger partial charge >= 0.3 is 0 Å². The highest BCUT2D eigenvalue weighted by atomic mass is 32.1. The van der Waals surface area contributed by atoms with Crippen molar-refractivity contribution in [2.24, 2.45) is 0 Å². The van der Waals surface area contributed by atoms with Gasteiger partial charge in [-0.25, -0.2) is 4.39 Å². The van der Waals surface area contributed by atoms with Crippen molar-refractivity contribution in [2.75, 3.05) is 31.5 Å². The van der Waals surface area contributed by atoms with Crippen LogP contribution in [-0.2, 0) is 6.54 Å². The van der Waals surface area contributed by atoms with Crippen LogP contribution in [0.3, 0.4) is 0 Å². The Bertz CT molecular complexity index is 699. The van der Waals surface area contributed by atoms with Crippen molar-refractivity contribution in [2.45, 2.75) is 13.5 Å².